The summed E-state index contributed by atoms with van der Waals surface area (Å²) in [4.78, 5) is 0. The summed E-state index contributed by atoms with van der Waals surface area (Å²) < 4.78 is 8.04. The number of methoxy groups -OCH3 is 1. The molecule has 0 saturated carbocycles. The Morgan fingerprint density at radius 1 is 1.50 bits per heavy atom. The van der Waals surface area contributed by atoms with Crippen LogP contribution < -0.4 is 5.32 Å². The average molecular weight is 359 g/mol. The SMILES string of the molecule is CNC(c1cccc(Br)c1)c1c(Cl)cnn1CCOC. The summed E-state index contributed by atoms with van der Waals surface area (Å²) in [5, 5.41) is 8.27. The van der Waals surface area contributed by atoms with Crippen molar-refractivity contribution in [3.8, 4) is 0 Å². The molecular weight excluding hydrogens is 342 g/mol. The van der Waals surface area contributed by atoms with Crippen molar-refractivity contribution in [2.45, 2.75) is 12.6 Å². The molecule has 0 amide bonds. The number of aromatic nitrogens is 2. The van der Waals surface area contributed by atoms with Gasteiger partial charge in [0.15, 0.2) is 0 Å². The van der Waals surface area contributed by atoms with E-state index in [0.29, 0.717) is 18.2 Å². The van der Waals surface area contributed by atoms with Gasteiger partial charge in [-0.05, 0) is 24.7 Å². The van der Waals surface area contributed by atoms with Crippen molar-refractivity contribution >= 4 is 27.5 Å². The molecule has 0 bridgehead atoms. The van der Waals surface area contributed by atoms with Crippen LogP contribution >= 0.6 is 27.5 Å². The Balaban J connectivity index is 2.38. The summed E-state index contributed by atoms with van der Waals surface area (Å²) in [6.45, 7) is 1.27. The summed E-state index contributed by atoms with van der Waals surface area (Å²) in [7, 11) is 3.59. The molecule has 0 aliphatic carbocycles. The lowest BCUT2D eigenvalue weighted by molar-refractivity contribution is 0.182. The number of hydrogen-bond acceptors (Lipinski definition) is 3. The fourth-order valence-electron chi connectivity index (χ4n) is 2.16. The smallest absolute Gasteiger partial charge is 0.0837 e. The summed E-state index contributed by atoms with van der Waals surface area (Å²) >= 11 is 9.81. The number of benzene rings is 1. The third kappa shape index (κ3) is 3.41. The molecule has 1 N–H and O–H groups in total. The van der Waals surface area contributed by atoms with Crippen LogP contribution in [-0.2, 0) is 11.3 Å². The predicted molar refractivity (Wildman–Crippen MR) is 84.2 cm³/mol. The first-order chi connectivity index (χ1) is 9.67. The highest BCUT2D eigenvalue weighted by atomic mass is 79.9. The van der Waals surface area contributed by atoms with Gasteiger partial charge in [-0.25, -0.2) is 0 Å². The van der Waals surface area contributed by atoms with Gasteiger partial charge >= 0.3 is 0 Å². The molecule has 108 valence electrons. The van der Waals surface area contributed by atoms with Crippen LogP contribution in [0.4, 0.5) is 0 Å². The van der Waals surface area contributed by atoms with Crippen LogP contribution in [0.3, 0.4) is 0 Å². The Labute approximate surface area is 132 Å². The van der Waals surface area contributed by atoms with Gasteiger partial charge in [0.1, 0.15) is 0 Å². The van der Waals surface area contributed by atoms with E-state index in [1.54, 1.807) is 13.3 Å². The minimum Gasteiger partial charge on any atom is -0.383 e. The van der Waals surface area contributed by atoms with E-state index in [1.807, 2.05) is 23.9 Å². The van der Waals surface area contributed by atoms with E-state index in [1.165, 1.54) is 0 Å². The van der Waals surface area contributed by atoms with Crippen LogP contribution in [0.5, 0.6) is 0 Å². The zero-order chi connectivity index (χ0) is 14.5. The Hall–Kier alpha value is -0.880. The highest BCUT2D eigenvalue weighted by Crippen LogP contribution is 2.29. The summed E-state index contributed by atoms with van der Waals surface area (Å²) in [6.07, 6.45) is 1.68. The number of nitrogens with one attached hydrogen (secondary N) is 1. The number of rotatable bonds is 6. The second kappa shape index (κ2) is 7.22. The molecule has 0 aliphatic heterocycles. The van der Waals surface area contributed by atoms with E-state index in [9.17, 15) is 0 Å². The molecule has 1 atom stereocenters. The molecule has 4 nitrogen and oxygen atoms in total. The molecule has 20 heavy (non-hydrogen) atoms. The molecule has 6 heteroatoms. The molecule has 2 rings (SSSR count). The molecule has 1 aromatic carbocycles. The molecule has 0 saturated heterocycles. The number of hydrogen-bond donors (Lipinski definition) is 1. The van der Waals surface area contributed by atoms with Crippen LogP contribution in [0, 0.1) is 0 Å². The zero-order valence-electron chi connectivity index (χ0n) is 11.4. The second-order valence-corrected chi connectivity index (χ2v) is 5.69. The number of halogens is 2. The van der Waals surface area contributed by atoms with Crippen molar-refractivity contribution in [1.82, 2.24) is 15.1 Å². The van der Waals surface area contributed by atoms with Gasteiger partial charge in [0.05, 0.1) is 36.1 Å². The Kier molecular flexibility index (Phi) is 5.60. The van der Waals surface area contributed by atoms with Crippen LogP contribution in [0.15, 0.2) is 34.9 Å². The first-order valence-electron chi connectivity index (χ1n) is 6.30. The topological polar surface area (TPSA) is 39.1 Å². The number of nitrogens with zero attached hydrogens (tertiary/aromatic N) is 2. The normalized spacial score (nSPS) is 12.6. The lowest BCUT2D eigenvalue weighted by Crippen LogP contribution is -2.23. The zero-order valence-corrected chi connectivity index (χ0v) is 13.8. The molecule has 0 radical (unpaired) electrons. The van der Waals surface area contributed by atoms with Gasteiger partial charge in [-0.1, -0.05) is 39.7 Å². The Bertz CT molecular complexity index is 573. The van der Waals surface area contributed by atoms with Gasteiger partial charge in [-0.15, -0.1) is 0 Å². The van der Waals surface area contributed by atoms with Gasteiger partial charge < -0.3 is 10.1 Å². The minimum atomic E-state index is -0.0145. The third-order valence-electron chi connectivity index (χ3n) is 3.08. The molecule has 0 spiro atoms. The van der Waals surface area contributed by atoms with Crippen molar-refractivity contribution in [2.75, 3.05) is 20.8 Å². The largest absolute Gasteiger partial charge is 0.383 e. The maximum absolute atomic E-state index is 6.31. The highest BCUT2D eigenvalue weighted by molar-refractivity contribution is 9.10. The lowest BCUT2D eigenvalue weighted by Gasteiger charge is -2.19. The van der Waals surface area contributed by atoms with Gasteiger partial charge in [-0.3, -0.25) is 4.68 Å². The third-order valence-corrected chi connectivity index (χ3v) is 3.87. The van der Waals surface area contributed by atoms with Crippen LogP contribution in [0.25, 0.3) is 0 Å². The van der Waals surface area contributed by atoms with Crippen LogP contribution in [0.2, 0.25) is 5.02 Å². The molecule has 1 heterocycles. The molecular formula is C14H17BrClN3O. The molecule has 1 unspecified atom stereocenters. The lowest BCUT2D eigenvalue weighted by atomic mass is 10.0. The van der Waals surface area contributed by atoms with E-state index in [4.69, 9.17) is 16.3 Å². The van der Waals surface area contributed by atoms with Crippen molar-refractivity contribution in [2.24, 2.45) is 0 Å². The van der Waals surface area contributed by atoms with E-state index in [0.717, 1.165) is 15.7 Å². The van der Waals surface area contributed by atoms with E-state index < -0.39 is 0 Å². The Morgan fingerprint density at radius 2 is 2.30 bits per heavy atom. The van der Waals surface area contributed by atoms with Crippen LogP contribution in [-0.4, -0.2) is 30.5 Å². The maximum atomic E-state index is 6.31. The number of ether oxygens (including phenoxy) is 1. The minimum absolute atomic E-state index is 0.0145. The van der Waals surface area contributed by atoms with Gasteiger partial charge in [0.2, 0.25) is 0 Å². The standard InChI is InChI=1S/C14H17BrClN3O/c1-17-13(10-4-3-5-11(15)8-10)14-12(16)9-18-19(14)6-7-20-2/h3-5,8-9,13,17H,6-7H2,1-2H3. The van der Waals surface area contributed by atoms with E-state index >= 15 is 0 Å². The fourth-order valence-corrected chi connectivity index (χ4v) is 2.83. The van der Waals surface area contributed by atoms with Crippen molar-refractivity contribution in [3.05, 3.63) is 51.2 Å². The van der Waals surface area contributed by atoms with Crippen molar-refractivity contribution < 1.29 is 4.74 Å². The van der Waals surface area contributed by atoms with Gasteiger partial charge in [0.25, 0.3) is 0 Å². The van der Waals surface area contributed by atoms with E-state index in [2.05, 4.69) is 38.5 Å². The van der Waals surface area contributed by atoms with Gasteiger partial charge in [0, 0.05) is 11.6 Å². The summed E-state index contributed by atoms with van der Waals surface area (Å²) in [5.41, 5.74) is 2.08. The summed E-state index contributed by atoms with van der Waals surface area (Å²) in [5.74, 6) is 0. The first kappa shape index (κ1) is 15.5. The fraction of sp³-hybridized carbons (Fsp3) is 0.357. The van der Waals surface area contributed by atoms with E-state index in [-0.39, 0.29) is 6.04 Å². The second-order valence-electron chi connectivity index (χ2n) is 4.37. The first-order valence-corrected chi connectivity index (χ1v) is 7.47. The maximum Gasteiger partial charge on any atom is 0.0837 e. The van der Waals surface area contributed by atoms with Crippen LogP contribution in [0.1, 0.15) is 17.3 Å². The molecule has 1 aromatic heterocycles. The predicted octanol–water partition coefficient (Wildman–Crippen LogP) is 3.25. The highest BCUT2D eigenvalue weighted by Gasteiger charge is 2.20. The summed E-state index contributed by atoms with van der Waals surface area (Å²) in [6, 6.07) is 8.13. The van der Waals surface area contributed by atoms with Gasteiger partial charge in [-0.2, -0.15) is 5.10 Å². The average Bonchev–Trinajstić information content (AvgIpc) is 2.79. The molecule has 0 aliphatic rings. The Morgan fingerprint density at radius 3 is 2.95 bits per heavy atom. The quantitative estimate of drug-likeness (QED) is 0.861. The molecule has 0 fully saturated rings. The van der Waals surface area contributed by atoms with Crippen molar-refractivity contribution in [3.63, 3.8) is 0 Å². The van der Waals surface area contributed by atoms with Crippen molar-refractivity contribution in [1.29, 1.82) is 0 Å². The monoisotopic (exact) mass is 357 g/mol. The molecule has 2 aromatic rings.